The zero-order chi connectivity index (χ0) is 17.5. The number of hydrogen-bond donors (Lipinski definition) is 1. The molecule has 0 fully saturated rings. The van der Waals surface area contributed by atoms with Crippen LogP contribution >= 0.6 is 0 Å². The van der Waals surface area contributed by atoms with E-state index in [0.29, 0.717) is 23.6 Å². The third-order valence-corrected chi connectivity index (χ3v) is 3.89. The first kappa shape index (κ1) is 16.2. The van der Waals surface area contributed by atoms with Crippen molar-refractivity contribution in [2.75, 3.05) is 5.73 Å². The van der Waals surface area contributed by atoms with Gasteiger partial charge in [-0.05, 0) is 45.0 Å². The number of imidazole rings is 1. The van der Waals surface area contributed by atoms with Crippen molar-refractivity contribution in [1.29, 1.82) is 0 Å². The molecule has 0 spiro atoms. The number of halogens is 2. The van der Waals surface area contributed by atoms with Crippen molar-refractivity contribution in [1.82, 2.24) is 9.55 Å². The zero-order valence-electron chi connectivity index (χ0n) is 13.8. The van der Waals surface area contributed by atoms with E-state index < -0.39 is 11.4 Å². The summed E-state index contributed by atoms with van der Waals surface area (Å²) in [7, 11) is 0. The van der Waals surface area contributed by atoms with Gasteiger partial charge in [-0.3, -0.25) is 0 Å². The van der Waals surface area contributed by atoms with Gasteiger partial charge in [-0.1, -0.05) is 0 Å². The van der Waals surface area contributed by atoms with E-state index >= 15 is 0 Å². The van der Waals surface area contributed by atoms with Crippen LogP contribution in [0.3, 0.4) is 0 Å². The molecule has 0 aliphatic rings. The Labute approximate surface area is 138 Å². The van der Waals surface area contributed by atoms with Gasteiger partial charge in [0.25, 0.3) is 0 Å². The molecule has 0 unspecified atom stereocenters. The number of nitrogens with two attached hydrogens (primary N) is 1. The average molecular weight is 331 g/mol. The summed E-state index contributed by atoms with van der Waals surface area (Å²) >= 11 is 0. The minimum absolute atomic E-state index is 0.0927. The molecule has 0 amide bonds. The third kappa shape index (κ3) is 2.79. The van der Waals surface area contributed by atoms with Crippen molar-refractivity contribution >= 4 is 16.7 Å². The van der Waals surface area contributed by atoms with Crippen LogP contribution in [0.2, 0.25) is 0 Å². The predicted molar refractivity (Wildman–Crippen MR) is 89.8 cm³/mol. The zero-order valence-corrected chi connectivity index (χ0v) is 13.8. The fourth-order valence-corrected chi connectivity index (χ4v) is 2.80. The number of fused-ring (bicyclic) bond motifs is 1. The second-order valence-electron chi connectivity index (χ2n) is 6.11. The van der Waals surface area contributed by atoms with Gasteiger partial charge in [-0.15, -0.1) is 0 Å². The monoisotopic (exact) mass is 331 g/mol. The predicted octanol–water partition coefficient (Wildman–Crippen LogP) is 4.23. The molecule has 0 saturated carbocycles. The molecule has 3 aromatic rings. The van der Waals surface area contributed by atoms with Gasteiger partial charge in [-0.25, -0.2) is 13.8 Å². The Hall–Kier alpha value is -2.63. The summed E-state index contributed by atoms with van der Waals surface area (Å²) in [5, 5.41) is 0. The van der Waals surface area contributed by atoms with Crippen molar-refractivity contribution in [3.8, 4) is 5.75 Å². The van der Waals surface area contributed by atoms with E-state index in [4.69, 9.17) is 10.5 Å². The van der Waals surface area contributed by atoms with Crippen LogP contribution in [0.25, 0.3) is 11.0 Å². The highest BCUT2D eigenvalue weighted by Crippen LogP contribution is 2.32. The smallest absolute Gasteiger partial charge is 0.167 e. The maximum Gasteiger partial charge on any atom is 0.167 e. The number of hydrogen-bond acceptors (Lipinski definition) is 3. The standard InChI is InChI=1S/C18H19F2N3O/c1-4-23-15-7-5-11(19)9-14(15)22-17(23)18(2,3)24-16-8-6-12(21)10-13(16)20/h5-10H,4,21H2,1-3H3. The number of ether oxygens (including phenoxy) is 1. The van der Waals surface area contributed by atoms with Crippen molar-refractivity contribution in [2.24, 2.45) is 0 Å². The van der Waals surface area contributed by atoms with Gasteiger partial charge in [0.15, 0.2) is 23.0 Å². The molecule has 126 valence electrons. The second kappa shape index (κ2) is 5.78. The van der Waals surface area contributed by atoms with Crippen LogP contribution < -0.4 is 10.5 Å². The van der Waals surface area contributed by atoms with Crippen LogP contribution in [0.15, 0.2) is 36.4 Å². The van der Waals surface area contributed by atoms with Crippen molar-refractivity contribution in [2.45, 2.75) is 32.9 Å². The Balaban J connectivity index is 2.07. The Bertz CT molecular complexity index is 903. The number of aromatic nitrogens is 2. The molecule has 1 heterocycles. The first-order chi connectivity index (χ1) is 11.3. The van der Waals surface area contributed by atoms with Gasteiger partial charge in [0.2, 0.25) is 0 Å². The van der Waals surface area contributed by atoms with E-state index in [1.54, 1.807) is 26.0 Å². The van der Waals surface area contributed by atoms with E-state index in [1.165, 1.54) is 24.3 Å². The molecule has 0 bridgehead atoms. The highest BCUT2D eigenvalue weighted by atomic mass is 19.1. The van der Waals surface area contributed by atoms with Crippen LogP contribution in [-0.4, -0.2) is 9.55 Å². The third-order valence-electron chi connectivity index (χ3n) is 3.89. The van der Waals surface area contributed by atoms with Crippen LogP contribution in [-0.2, 0) is 12.1 Å². The lowest BCUT2D eigenvalue weighted by atomic mass is 10.1. The molecule has 0 atom stereocenters. The van der Waals surface area contributed by atoms with Gasteiger partial charge in [0, 0.05) is 24.4 Å². The molecule has 3 rings (SSSR count). The molecule has 2 N–H and O–H groups in total. The van der Waals surface area contributed by atoms with Crippen LogP contribution in [0, 0.1) is 11.6 Å². The van der Waals surface area contributed by atoms with E-state index in [9.17, 15) is 8.78 Å². The topological polar surface area (TPSA) is 53.1 Å². The van der Waals surface area contributed by atoms with E-state index in [1.807, 2.05) is 11.5 Å². The van der Waals surface area contributed by atoms with E-state index in [-0.39, 0.29) is 11.6 Å². The average Bonchev–Trinajstić information content (AvgIpc) is 2.88. The fraction of sp³-hybridized carbons (Fsp3) is 0.278. The molecule has 4 nitrogen and oxygen atoms in total. The lowest BCUT2D eigenvalue weighted by Crippen LogP contribution is -2.30. The molecule has 1 aromatic heterocycles. The van der Waals surface area contributed by atoms with Gasteiger partial charge >= 0.3 is 0 Å². The van der Waals surface area contributed by atoms with E-state index in [0.717, 1.165) is 5.52 Å². The van der Waals surface area contributed by atoms with Gasteiger partial charge in [-0.2, -0.15) is 0 Å². The summed E-state index contributed by atoms with van der Waals surface area (Å²) in [6, 6.07) is 8.74. The highest BCUT2D eigenvalue weighted by Gasteiger charge is 2.30. The number of nitrogen functional groups attached to an aromatic ring is 1. The van der Waals surface area contributed by atoms with Crippen LogP contribution in [0.1, 0.15) is 26.6 Å². The number of rotatable bonds is 4. The summed E-state index contributed by atoms with van der Waals surface area (Å²) in [4.78, 5) is 4.51. The Morgan fingerprint density at radius 1 is 1.17 bits per heavy atom. The Morgan fingerprint density at radius 2 is 1.92 bits per heavy atom. The minimum atomic E-state index is -0.914. The summed E-state index contributed by atoms with van der Waals surface area (Å²) in [5.74, 6) is -0.191. The maximum absolute atomic E-state index is 14.1. The van der Waals surface area contributed by atoms with Crippen LogP contribution in [0.5, 0.6) is 5.75 Å². The summed E-state index contributed by atoms with van der Waals surface area (Å²) in [6.45, 7) is 6.20. The molecule has 0 aliphatic carbocycles. The minimum Gasteiger partial charge on any atom is -0.477 e. The molecule has 0 radical (unpaired) electrons. The van der Waals surface area contributed by atoms with Crippen molar-refractivity contribution < 1.29 is 13.5 Å². The lowest BCUT2D eigenvalue weighted by molar-refractivity contribution is 0.0894. The maximum atomic E-state index is 14.1. The highest BCUT2D eigenvalue weighted by molar-refractivity contribution is 5.76. The van der Waals surface area contributed by atoms with E-state index in [2.05, 4.69) is 4.98 Å². The largest absolute Gasteiger partial charge is 0.477 e. The van der Waals surface area contributed by atoms with Crippen molar-refractivity contribution in [3.05, 3.63) is 53.9 Å². The Morgan fingerprint density at radius 3 is 2.58 bits per heavy atom. The van der Waals surface area contributed by atoms with Crippen molar-refractivity contribution in [3.63, 3.8) is 0 Å². The molecule has 6 heteroatoms. The first-order valence-corrected chi connectivity index (χ1v) is 7.72. The molecule has 0 aliphatic heterocycles. The van der Waals surface area contributed by atoms with Gasteiger partial charge < -0.3 is 15.0 Å². The van der Waals surface area contributed by atoms with Gasteiger partial charge in [0.1, 0.15) is 5.82 Å². The Kier molecular flexibility index (Phi) is 3.91. The second-order valence-corrected chi connectivity index (χ2v) is 6.11. The number of anilines is 1. The fourth-order valence-electron chi connectivity index (χ4n) is 2.80. The SMILES string of the molecule is CCn1c(C(C)(C)Oc2ccc(N)cc2F)nc2cc(F)ccc21. The number of benzene rings is 2. The molecule has 2 aromatic carbocycles. The summed E-state index contributed by atoms with van der Waals surface area (Å²) in [5.41, 5.74) is 6.33. The van der Waals surface area contributed by atoms with Gasteiger partial charge in [0.05, 0.1) is 11.0 Å². The molecular formula is C18H19F2N3O. The molecule has 0 saturated heterocycles. The number of aryl methyl sites for hydroxylation is 1. The first-order valence-electron chi connectivity index (χ1n) is 7.72. The molecular weight excluding hydrogens is 312 g/mol. The molecule has 24 heavy (non-hydrogen) atoms. The normalized spacial score (nSPS) is 11.9. The van der Waals surface area contributed by atoms with Crippen LogP contribution in [0.4, 0.5) is 14.5 Å². The quantitative estimate of drug-likeness (QED) is 0.728. The summed E-state index contributed by atoms with van der Waals surface area (Å²) in [6.07, 6.45) is 0. The lowest BCUT2D eigenvalue weighted by Gasteiger charge is -2.27. The number of nitrogens with zero attached hydrogens (tertiary/aromatic N) is 2. The summed E-state index contributed by atoms with van der Waals surface area (Å²) < 4.78 is 35.3.